The van der Waals surface area contributed by atoms with Gasteiger partial charge in [-0.25, -0.2) is 4.98 Å². The van der Waals surface area contributed by atoms with E-state index in [0.29, 0.717) is 16.1 Å². The lowest BCUT2D eigenvalue weighted by Crippen LogP contribution is -2.31. The lowest BCUT2D eigenvalue weighted by Gasteiger charge is -2.14. The van der Waals surface area contributed by atoms with Crippen molar-refractivity contribution in [2.45, 2.75) is 4.32 Å². The van der Waals surface area contributed by atoms with Crippen molar-refractivity contribution in [1.29, 1.82) is 0 Å². The Morgan fingerprint density at radius 2 is 1.48 bits per heavy atom. The topological polar surface area (TPSA) is 47.0 Å². The molecule has 4 rings (SSSR count). The number of ketones is 2. The van der Waals surface area contributed by atoms with Crippen molar-refractivity contribution in [2.75, 3.05) is 0 Å². The van der Waals surface area contributed by atoms with Gasteiger partial charge < -0.3 is 0 Å². The van der Waals surface area contributed by atoms with Gasteiger partial charge in [0.05, 0.1) is 10.2 Å². The molecule has 1 aliphatic rings. The molecule has 21 heavy (non-hydrogen) atoms. The molecule has 0 unspecified atom stereocenters. The molecule has 0 aliphatic heterocycles. The zero-order valence-corrected chi connectivity index (χ0v) is 13.1. The van der Waals surface area contributed by atoms with Crippen molar-refractivity contribution in [1.82, 2.24) is 4.98 Å². The number of para-hydroxylation sites is 1. The average molecular weight is 358 g/mol. The normalized spacial score (nSPS) is 16.4. The van der Waals surface area contributed by atoms with Gasteiger partial charge in [-0.1, -0.05) is 52.3 Å². The third-order valence-corrected chi connectivity index (χ3v) is 6.14. The Kier molecular flexibility index (Phi) is 2.65. The molecular weight excluding hydrogens is 350 g/mol. The highest BCUT2D eigenvalue weighted by Gasteiger charge is 2.54. The van der Waals surface area contributed by atoms with Crippen molar-refractivity contribution in [2.24, 2.45) is 0 Å². The summed E-state index contributed by atoms with van der Waals surface area (Å²) in [5, 5.41) is 0.495. The summed E-state index contributed by atoms with van der Waals surface area (Å²) >= 11 is 4.76. The lowest BCUT2D eigenvalue weighted by atomic mass is 10.1. The smallest absolute Gasteiger partial charge is 0.202 e. The first-order chi connectivity index (χ1) is 10.1. The molecule has 0 saturated carbocycles. The highest BCUT2D eigenvalue weighted by Crippen LogP contribution is 2.46. The molecule has 3 nitrogen and oxygen atoms in total. The monoisotopic (exact) mass is 357 g/mol. The van der Waals surface area contributed by atoms with Crippen LogP contribution in [0.3, 0.4) is 0 Å². The number of hydrogen-bond donors (Lipinski definition) is 0. The van der Waals surface area contributed by atoms with Gasteiger partial charge in [-0.05, 0) is 12.1 Å². The second-order valence-corrected chi connectivity index (χ2v) is 7.07. The van der Waals surface area contributed by atoms with E-state index in [4.69, 9.17) is 0 Å². The standard InChI is InChI=1S/C16H8BrNO2S/c17-16(15-18-11-7-3-4-8-12(11)21-15)13(19)9-5-1-2-6-10(9)14(16)20/h1-8H. The number of alkyl halides is 1. The van der Waals surface area contributed by atoms with Gasteiger partial charge in [-0.2, -0.15) is 0 Å². The fraction of sp³-hybridized carbons (Fsp3) is 0.0625. The van der Waals surface area contributed by atoms with E-state index < -0.39 is 4.32 Å². The number of carbonyl (C=O) groups is 2. The van der Waals surface area contributed by atoms with E-state index in [9.17, 15) is 9.59 Å². The number of benzene rings is 2. The van der Waals surface area contributed by atoms with Crippen LogP contribution in [0, 0.1) is 0 Å². The molecule has 1 aromatic heterocycles. The van der Waals surface area contributed by atoms with E-state index in [2.05, 4.69) is 20.9 Å². The Labute approximate surface area is 132 Å². The van der Waals surface area contributed by atoms with Crippen LogP contribution >= 0.6 is 27.3 Å². The average Bonchev–Trinajstić information content (AvgIpc) is 3.03. The largest absolute Gasteiger partial charge is 0.292 e. The molecule has 1 aliphatic carbocycles. The molecule has 0 radical (unpaired) electrons. The van der Waals surface area contributed by atoms with Crippen molar-refractivity contribution in [3.63, 3.8) is 0 Å². The number of halogens is 1. The summed E-state index contributed by atoms with van der Waals surface area (Å²) in [4.78, 5) is 29.9. The number of thiazole rings is 1. The van der Waals surface area contributed by atoms with Crippen LogP contribution in [-0.4, -0.2) is 16.6 Å². The number of carbonyl (C=O) groups excluding carboxylic acids is 2. The van der Waals surface area contributed by atoms with E-state index in [1.54, 1.807) is 24.3 Å². The third-order valence-electron chi connectivity index (χ3n) is 3.63. The second kappa shape index (κ2) is 4.32. The van der Waals surface area contributed by atoms with E-state index in [1.807, 2.05) is 24.3 Å². The Bertz CT molecular complexity index is 847. The second-order valence-electron chi connectivity index (χ2n) is 4.85. The quantitative estimate of drug-likeness (QED) is 0.489. The van der Waals surface area contributed by atoms with Crippen LogP contribution in [0.15, 0.2) is 48.5 Å². The third kappa shape index (κ3) is 1.61. The maximum atomic E-state index is 12.7. The molecule has 2 aromatic carbocycles. The van der Waals surface area contributed by atoms with Gasteiger partial charge in [0.15, 0.2) is 11.6 Å². The molecule has 102 valence electrons. The maximum Gasteiger partial charge on any atom is 0.202 e. The molecule has 5 heteroatoms. The van der Waals surface area contributed by atoms with E-state index in [1.165, 1.54) is 11.3 Å². The van der Waals surface area contributed by atoms with Crippen LogP contribution in [0.4, 0.5) is 0 Å². The predicted octanol–water partition coefficient (Wildman–Crippen LogP) is 3.97. The molecule has 0 spiro atoms. The molecule has 0 amide bonds. The van der Waals surface area contributed by atoms with Crippen LogP contribution in [0.5, 0.6) is 0 Å². The molecule has 1 heterocycles. The SMILES string of the molecule is O=C1c2ccccc2C(=O)C1(Br)c1nc2ccccc2s1. The van der Waals surface area contributed by atoms with E-state index in [0.717, 1.165) is 10.2 Å². The number of fused-ring (bicyclic) bond motifs is 2. The Morgan fingerprint density at radius 1 is 0.905 bits per heavy atom. The first kappa shape index (κ1) is 12.9. The maximum absolute atomic E-state index is 12.7. The number of rotatable bonds is 1. The number of Topliss-reactive ketones (excluding diaryl/α,β-unsaturated/α-hetero) is 2. The van der Waals surface area contributed by atoms with Gasteiger partial charge in [0.2, 0.25) is 4.32 Å². The van der Waals surface area contributed by atoms with Crippen LogP contribution in [0.1, 0.15) is 25.7 Å². The van der Waals surface area contributed by atoms with Crippen molar-refractivity contribution in [3.8, 4) is 0 Å². The van der Waals surface area contributed by atoms with Crippen molar-refractivity contribution >= 4 is 49.0 Å². The summed E-state index contributed by atoms with van der Waals surface area (Å²) in [7, 11) is 0. The number of hydrogen-bond acceptors (Lipinski definition) is 4. The van der Waals surface area contributed by atoms with Crippen molar-refractivity contribution < 1.29 is 9.59 Å². The summed E-state index contributed by atoms with van der Waals surface area (Å²) in [6.07, 6.45) is 0. The molecular formula is C16H8BrNO2S. The highest BCUT2D eigenvalue weighted by molar-refractivity contribution is 9.10. The number of nitrogens with zero attached hydrogens (tertiary/aromatic N) is 1. The number of aromatic nitrogens is 1. The zero-order valence-electron chi connectivity index (χ0n) is 10.7. The van der Waals surface area contributed by atoms with Crippen LogP contribution < -0.4 is 0 Å². The molecule has 0 fully saturated rings. The summed E-state index contributed by atoms with van der Waals surface area (Å²) in [6, 6.07) is 14.5. The van der Waals surface area contributed by atoms with Gasteiger partial charge in [0, 0.05) is 11.1 Å². The summed E-state index contributed by atoms with van der Waals surface area (Å²) in [5.74, 6) is -0.468. The van der Waals surface area contributed by atoms with Gasteiger partial charge in [0.1, 0.15) is 5.01 Å². The predicted molar refractivity (Wildman–Crippen MR) is 85.3 cm³/mol. The molecule has 3 aromatic rings. The Hall–Kier alpha value is -1.85. The Morgan fingerprint density at radius 3 is 2.10 bits per heavy atom. The van der Waals surface area contributed by atoms with Crippen LogP contribution in [-0.2, 0) is 4.32 Å². The minimum atomic E-state index is -1.37. The van der Waals surface area contributed by atoms with E-state index in [-0.39, 0.29) is 11.6 Å². The molecule has 0 saturated heterocycles. The summed E-state index contributed by atoms with van der Waals surface area (Å²) in [6.45, 7) is 0. The Balaban J connectivity index is 1.96. The van der Waals surface area contributed by atoms with Gasteiger partial charge in [0.25, 0.3) is 0 Å². The fourth-order valence-corrected chi connectivity index (χ4v) is 4.37. The van der Waals surface area contributed by atoms with Crippen LogP contribution in [0.25, 0.3) is 10.2 Å². The lowest BCUT2D eigenvalue weighted by molar-refractivity contribution is 0.0871. The summed E-state index contributed by atoms with van der Waals surface area (Å²) < 4.78 is -0.414. The zero-order chi connectivity index (χ0) is 14.6. The van der Waals surface area contributed by atoms with Gasteiger partial charge in [-0.3, -0.25) is 9.59 Å². The van der Waals surface area contributed by atoms with Gasteiger partial charge >= 0.3 is 0 Å². The van der Waals surface area contributed by atoms with E-state index >= 15 is 0 Å². The summed E-state index contributed by atoms with van der Waals surface area (Å²) in [5.41, 5.74) is 1.71. The molecule has 0 N–H and O–H groups in total. The van der Waals surface area contributed by atoms with Gasteiger partial charge in [-0.15, -0.1) is 11.3 Å². The molecule has 0 atom stereocenters. The minimum absolute atomic E-state index is 0.234. The fourth-order valence-electron chi connectivity index (χ4n) is 2.57. The van der Waals surface area contributed by atoms with Crippen LogP contribution in [0.2, 0.25) is 0 Å². The first-order valence-electron chi connectivity index (χ1n) is 6.36. The highest BCUT2D eigenvalue weighted by atomic mass is 79.9. The first-order valence-corrected chi connectivity index (χ1v) is 7.97. The molecule has 0 bridgehead atoms. The van der Waals surface area contributed by atoms with Crippen molar-refractivity contribution in [3.05, 3.63) is 64.7 Å². The minimum Gasteiger partial charge on any atom is -0.292 e.